The van der Waals surface area contributed by atoms with Crippen molar-refractivity contribution in [3.05, 3.63) is 0 Å². The molecule has 0 spiro atoms. The summed E-state index contributed by atoms with van der Waals surface area (Å²) in [6.07, 6.45) is 2.53. The molecular weight excluding hydrogens is 462 g/mol. The number of alkyl carbamates (subject to hydrolysis) is 1. The minimum Gasteiger partial charge on any atom is -0.444 e. The highest BCUT2D eigenvalue weighted by Gasteiger charge is 2.38. The van der Waals surface area contributed by atoms with Gasteiger partial charge in [0.05, 0.1) is 30.7 Å². The van der Waals surface area contributed by atoms with Gasteiger partial charge in [-0.2, -0.15) is 0 Å². The molecule has 0 bridgehead atoms. The SMILES string of the molecule is CC[C@H](C)[C@H](NC(=O)[C@@H](NC(=O)OC(C)(C)C)C(C)C)[C@@H](CC(=O)N1CCC[C@H]1[C@@H](CC)OC)OC. The summed E-state index contributed by atoms with van der Waals surface area (Å²) in [7, 11) is 3.27. The number of amides is 3. The Morgan fingerprint density at radius 3 is 2.11 bits per heavy atom. The first-order chi connectivity index (χ1) is 16.8. The molecule has 0 radical (unpaired) electrons. The van der Waals surface area contributed by atoms with E-state index >= 15 is 0 Å². The van der Waals surface area contributed by atoms with Crippen molar-refractivity contribution in [2.75, 3.05) is 20.8 Å². The van der Waals surface area contributed by atoms with Gasteiger partial charge in [0.1, 0.15) is 11.6 Å². The second kappa shape index (κ2) is 14.8. The third kappa shape index (κ3) is 9.54. The molecule has 0 unspecified atom stereocenters. The second-order valence-corrected chi connectivity index (χ2v) is 11.2. The predicted molar refractivity (Wildman–Crippen MR) is 141 cm³/mol. The first kappa shape index (κ1) is 32.2. The van der Waals surface area contributed by atoms with Crippen molar-refractivity contribution in [3.8, 4) is 0 Å². The molecule has 36 heavy (non-hydrogen) atoms. The molecule has 1 aliphatic heterocycles. The van der Waals surface area contributed by atoms with Crippen LogP contribution in [0, 0.1) is 11.8 Å². The van der Waals surface area contributed by atoms with E-state index in [1.54, 1.807) is 35.0 Å². The van der Waals surface area contributed by atoms with Gasteiger partial charge < -0.3 is 29.7 Å². The van der Waals surface area contributed by atoms with Crippen molar-refractivity contribution in [3.63, 3.8) is 0 Å². The lowest BCUT2D eigenvalue weighted by Gasteiger charge is -2.35. The third-order valence-corrected chi connectivity index (χ3v) is 7.02. The second-order valence-electron chi connectivity index (χ2n) is 11.2. The molecule has 1 fully saturated rings. The van der Waals surface area contributed by atoms with Gasteiger partial charge in [-0.15, -0.1) is 0 Å². The molecule has 6 atom stereocenters. The Bertz CT molecular complexity index is 704. The summed E-state index contributed by atoms with van der Waals surface area (Å²) >= 11 is 0. The minimum atomic E-state index is -0.783. The molecule has 9 heteroatoms. The van der Waals surface area contributed by atoms with Gasteiger partial charge in [-0.25, -0.2) is 4.79 Å². The lowest BCUT2D eigenvalue weighted by atomic mass is 9.91. The Kier molecular flexibility index (Phi) is 13.2. The Hall–Kier alpha value is -1.87. The van der Waals surface area contributed by atoms with E-state index in [-0.39, 0.29) is 42.2 Å². The molecular formula is C27H51N3O6. The molecule has 2 N–H and O–H groups in total. The highest BCUT2D eigenvalue weighted by molar-refractivity contribution is 5.86. The van der Waals surface area contributed by atoms with E-state index in [1.165, 1.54) is 0 Å². The van der Waals surface area contributed by atoms with Gasteiger partial charge in [-0.3, -0.25) is 9.59 Å². The fourth-order valence-electron chi connectivity index (χ4n) is 4.81. The highest BCUT2D eigenvalue weighted by atomic mass is 16.6. The van der Waals surface area contributed by atoms with Crippen LogP contribution < -0.4 is 10.6 Å². The van der Waals surface area contributed by atoms with E-state index in [0.717, 1.165) is 25.7 Å². The quantitative estimate of drug-likeness (QED) is 0.387. The maximum absolute atomic E-state index is 13.4. The van der Waals surface area contributed by atoms with Crippen LogP contribution >= 0.6 is 0 Å². The Balaban J connectivity index is 3.02. The van der Waals surface area contributed by atoms with E-state index in [4.69, 9.17) is 14.2 Å². The minimum absolute atomic E-state index is 0.00763. The molecule has 1 heterocycles. The lowest BCUT2D eigenvalue weighted by molar-refractivity contribution is -0.139. The summed E-state index contributed by atoms with van der Waals surface area (Å²) in [4.78, 5) is 41.0. The summed E-state index contributed by atoms with van der Waals surface area (Å²) < 4.78 is 16.8. The average Bonchev–Trinajstić information content (AvgIpc) is 3.28. The van der Waals surface area contributed by atoms with Crippen LogP contribution in [0.2, 0.25) is 0 Å². The Morgan fingerprint density at radius 2 is 1.64 bits per heavy atom. The van der Waals surface area contributed by atoms with Gasteiger partial charge in [-0.1, -0.05) is 41.0 Å². The van der Waals surface area contributed by atoms with Crippen LogP contribution in [0.5, 0.6) is 0 Å². The van der Waals surface area contributed by atoms with Crippen LogP contribution in [-0.4, -0.2) is 79.5 Å². The first-order valence-corrected chi connectivity index (χ1v) is 13.4. The number of carbonyl (C=O) groups is 3. The number of likely N-dealkylation sites (tertiary alicyclic amines) is 1. The van der Waals surface area contributed by atoms with E-state index in [9.17, 15) is 14.4 Å². The zero-order valence-corrected chi connectivity index (χ0v) is 24.2. The van der Waals surface area contributed by atoms with Crippen LogP contribution in [0.3, 0.4) is 0 Å². The smallest absolute Gasteiger partial charge is 0.408 e. The average molecular weight is 514 g/mol. The molecule has 0 aromatic carbocycles. The zero-order valence-electron chi connectivity index (χ0n) is 24.2. The maximum atomic E-state index is 13.4. The molecule has 3 amide bonds. The number of nitrogens with one attached hydrogen (secondary N) is 2. The van der Waals surface area contributed by atoms with E-state index in [0.29, 0.717) is 6.54 Å². The van der Waals surface area contributed by atoms with Gasteiger partial charge >= 0.3 is 6.09 Å². The monoisotopic (exact) mass is 513 g/mol. The normalized spacial score (nSPS) is 20.4. The maximum Gasteiger partial charge on any atom is 0.408 e. The van der Waals surface area contributed by atoms with Crippen LogP contribution in [0.4, 0.5) is 4.79 Å². The number of nitrogens with zero attached hydrogens (tertiary/aromatic N) is 1. The Labute approximate surface area is 218 Å². The number of rotatable bonds is 13. The zero-order chi connectivity index (χ0) is 27.6. The van der Waals surface area contributed by atoms with E-state index in [1.807, 2.05) is 32.6 Å². The topological polar surface area (TPSA) is 106 Å². The number of hydrogen-bond donors (Lipinski definition) is 2. The highest BCUT2D eigenvalue weighted by Crippen LogP contribution is 2.26. The van der Waals surface area contributed by atoms with Crippen LogP contribution in [0.1, 0.15) is 87.5 Å². The van der Waals surface area contributed by atoms with Gasteiger partial charge in [-0.05, 0) is 51.9 Å². The fraction of sp³-hybridized carbons (Fsp3) is 0.889. The van der Waals surface area contributed by atoms with E-state index < -0.39 is 29.9 Å². The lowest BCUT2D eigenvalue weighted by Crippen LogP contribution is -2.57. The number of methoxy groups -OCH3 is 2. The van der Waals surface area contributed by atoms with Crippen molar-refractivity contribution < 1.29 is 28.6 Å². The molecule has 210 valence electrons. The van der Waals surface area contributed by atoms with Crippen molar-refractivity contribution in [2.24, 2.45) is 11.8 Å². The third-order valence-electron chi connectivity index (χ3n) is 7.02. The van der Waals surface area contributed by atoms with Crippen LogP contribution in [0.15, 0.2) is 0 Å². The molecule has 0 aromatic heterocycles. The standard InChI is InChI=1S/C27H51N3O6/c1-11-18(5)24(28-25(32)23(17(3)4)29-26(33)36-27(6,7)8)21(35-10)16-22(31)30-15-13-14-19(30)20(12-2)34-9/h17-21,23-24H,11-16H2,1-10H3,(H,28,32)(H,29,33)/t18-,19-,20+,21+,23-,24-/m0/s1. The Morgan fingerprint density at radius 1 is 1.00 bits per heavy atom. The molecule has 0 aromatic rings. The fourth-order valence-corrected chi connectivity index (χ4v) is 4.81. The molecule has 1 aliphatic rings. The summed E-state index contributed by atoms with van der Waals surface area (Å²) in [5.74, 6) is -0.421. The molecule has 1 saturated heterocycles. The number of hydrogen-bond acceptors (Lipinski definition) is 6. The predicted octanol–water partition coefficient (Wildman–Crippen LogP) is 3.89. The largest absolute Gasteiger partial charge is 0.444 e. The van der Waals surface area contributed by atoms with Crippen molar-refractivity contribution in [1.29, 1.82) is 0 Å². The summed E-state index contributed by atoms with van der Waals surface area (Å²) in [5.41, 5.74) is -0.671. The summed E-state index contributed by atoms with van der Waals surface area (Å²) in [5, 5.41) is 5.80. The van der Waals surface area contributed by atoms with Gasteiger partial charge in [0, 0.05) is 20.8 Å². The molecule has 0 aliphatic carbocycles. The van der Waals surface area contributed by atoms with E-state index in [2.05, 4.69) is 17.6 Å². The summed E-state index contributed by atoms with van der Waals surface area (Å²) in [6.45, 7) is 15.9. The van der Waals surface area contributed by atoms with Crippen molar-refractivity contribution in [1.82, 2.24) is 15.5 Å². The van der Waals surface area contributed by atoms with Gasteiger partial charge in [0.2, 0.25) is 11.8 Å². The van der Waals surface area contributed by atoms with Gasteiger partial charge in [0.25, 0.3) is 0 Å². The van der Waals surface area contributed by atoms with Crippen LogP contribution in [-0.2, 0) is 23.8 Å². The molecule has 9 nitrogen and oxygen atoms in total. The van der Waals surface area contributed by atoms with Gasteiger partial charge in [0.15, 0.2) is 0 Å². The van der Waals surface area contributed by atoms with Crippen molar-refractivity contribution in [2.45, 2.75) is 123 Å². The van der Waals surface area contributed by atoms with Crippen molar-refractivity contribution >= 4 is 17.9 Å². The summed E-state index contributed by atoms with van der Waals surface area (Å²) in [6, 6.07) is -1.12. The number of ether oxygens (including phenoxy) is 3. The molecule has 1 rings (SSSR count). The first-order valence-electron chi connectivity index (χ1n) is 13.4. The molecule has 0 saturated carbocycles. The number of carbonyl (C=O) groups excluding carboxylic acids is 3. The van der Waals surface area contributed by atoms with Crippen LogP contribution in [0.25, 0.3) is 0 Å².